The summed E-state index contributed by atoms with van der Waals surface area (Å²) in [6.45, 7) is 1.10. The molecule has 5 rings (SSSR count). The third-order valence-electron chi connectivity index (χ3n) is 6.72. The molecule has 1 atom stereocenters. The molecule has 1 aliphatic carbocycles. The third kappa shape index (κ3) is 3.69. The minimum atomic E-state index is -4.41. The molecule has 1 aromatic heterocycles. The molecule has 11 heteroatoms. The molecular formula is C24H19F4N3O3S. The summed E-state index contributed by atoms with van der Waals surface area (Å²) >= 11 is 0. The second-order valence-electron chi connectivity index (χ2n) is 8.72. The number of Topliss-reactive ketones (excluding diaryl/α,β-unsaturated/α-hetero) is 1. The Morgan fingerprint density at radius 2 is 1.71 bits per heavy atom. The summed E-state index contributed by atoms with van der Waals surface area (Å²) in [4.78, 5) is 12.2. The van der Waals surface area contributed by atoms with Crippen LogP contribution in [0.2, 0.25) is 0 Å². The van der Waals surface area contributed by atoms with E-state index in [9.17, 15) is 30.8 Å². The predicted molar refractivity (Wildman–Crippen MR) is 118 cm³/mol. The van der Waals surface area contributed by atoms with E-state index in [-0.39, 0.29) is 31.7 Å². The highest BCUT2D eigenvalue weighted by Gasteiger charge is 2.49. The number of benzene rings is 2. The zero-order valence-corrected chi connectivity index (χ0v) is 19.3. The molecule has 0 N–H and O–H groups in total. The van der Waals surface area contributed by atoms with Gasteiger partial charge < -0.3 is 0 Å². The summed E-state index contributed by atoms with van der Waals surface area (Å²) in [7, 11) is -4.41. The minimum Gasteiger partial charge on any atom is -0.299 e. The topological polar surface area (TPSA) is 72.3 Å². The van der Waals surface area contributed by atoms with Gasteiger partial charge in [0.25, 0.3) is 0 Å². The summed E-state index contributed by atoms with van der Waals surface area (Å²) in [6, 6.07) is 6.64. The molecule has 0 bridgehead atoms. The lowest BCUT2D eigenvalue weighted by molar-refractivity contribution is -0.125. The van der Waals surface area contributed by atoms with Gasteiger partial charge in [0.2, 0.25) is 10.0 Å². The Morgan fingerprint density at radius 3 is 2.34 bits per heavy atom. The second kappa shape index (κ2) is 8.13. The van der Waals surface area contributed by atoms with Crippen LogP contribution < -0.4 is 0 Å². The van der Waals surface area contributed by atoms with Gasteiger partial charge in [-0.1, -0.05) is 5.57 Å². The van der Waals surface area contributed by atoms with Gasteiger partial charge in [-0.3, -0.25) is 4.79 Å². The van der Waals surface area contributed by atoms with E-state index in [1.165, 1.54) is 19.1 Å². The average molecular weight is 505 g/mol. The molecule has 2 heterocycles. The van der Waals surface area contributed by atoms with Crippen molar-refractivity contribution < 1.29 is 30.8 Å². The van der Waals surface area contributed by atoms with Crippen LogP contribution in [0.3, 0.4) is 0 Å². The quantitative estimate of drug-likeness (QED) is 0.397. The number of hydrogen-bond donors (Lipinski definition) is 0. The van der Waals surface area contributed by atoms with Crippen LogP contribution in [0.25, 0.3) is 11.8 Å². The molecule has 0 unspecified atom stereocenters. The van der Waals surface area contributed by atoms with Crippen LogP contribution in [-0.2, 0) is 21.2 Å². The molecule has 182 valence electrons. The Kier molecular flexibility index (Phi) is 5.44. The van der Waals surface area contributed by atoms with Crippen molar-refractivity contribution in [2.75, 3.05) is 13.1 Å². The number of sulfonamides is 1. The van der Waals surface area contributed by atoms with Crippen molar-refractivity contribution in [2.45, 2.75) is 24.7 Å². The SMILES string of the molecule is CC(=O)[C@]12Cc3cnn(-c4ccc(F)cc4)c3C=C1CCN(S(=O)(=O)c1cc(F)c(F)c(F)c1)C2. The molecule has 2 aliphatic rings. The van der Waals surface area contributed by atoms with E-state index in [0.29, 0.717) is 34.7 Å². The Morgan fingerprint density at radius 1 is 1.06 bits per heavy atom. The van der Waals surface area contributed by atoms with Gasteiger partial charge >= 0.3 is 0 Å². The highest BCUT2D eigenvalue weighted by Crippen LogP contribution is 2.46. The van der Waals surface area contributed by atoms with Gasteiger partial charge in [-0.15, -0.1) is 0 Å². The van der Waals surface area contributed by atoms with Gasteiger partial charge in [0.05, 0.1) is 27.9 Å². The fraction of sp³-hybridized carbons (Fsp3) is 0.250. The number of aromatic nitrogens is 2. The lowest BCUT2D eigenvalue weighted by Crippen LogP contribution is -2.52. The highest BCUT2D eigenvalue weighted by molar-refractivity contribution is 7.89. The lowest BCUT2D eigenvalue weighted by Gasteiger charge is -2.44. The number of piperidine rings is 1. The van der Waals surface area contributed by atoms with E-state index < -0.39 is 43.6 Å². The number of fused-ring (bicyclic) bond motifs is 2. The number of nitrogens with zero attached hydrogens (tertiary/aromatic N) is 3. The molecule has 0 spiro atoms. The Labute approximate surface area is 198 Å². The van der Waals surface area contributed by atoms with E-state index in [1.807, 2.05) is 0 Å². The van der Waals surface area contributed by atoms with Crippen molar-refractivity contribution in [1.82, 2.24) is 14.1 Å². The Balaban J connectivity index is 1.53. The van der Waals surface area contributed by atoms with Gasteiger partial charge in [-0.2, -0.15) is 9.40 Å². The van der Waals surface area contributed by atoms with Crippen LogP contribution in [-0.4, -0.2) is 41.4 Å². The van der Waals surface area contributed by atoms with Crippen molar-refractivity contribution in [2.24, 2.45) is 5.41 Å². The normalized spacial score (nSPS) is 20.2. The molecule has 0 radical (unpaired) electrons. The zero-order valence-electron chi connectivity index (χ0n) is 18.4. The monoisotopic (exact) mass is 505 g/mol. The number of ketones is 1. The second-order valence-corrected chi connectivity index (χ2v) is 10.7. The Hall–Kier alpha value is -3.31. The molecule has 0 saturated carbocycles. The Bertz CT molecular complexity index is 1480. The van der Waals surface area contributed by atoms with E-state index in [4.69, 9.17) is 0 Å². The third-order valence-corrected chi connectivity index (χ3v) is 8.54. The molecule has 6 nitrogen and oxygen atoms in total. The van der Waals surface area contributed by atoms with Crippen LogP contribution in [0.4, 0.5) is 17.6 Å². The number of halogens is 4. The summed E-state index contributed by atoms with van der Waals surface area (Å²) in [5, 5.41) is 4.38. The molecule has 1 aliphatic heterocycles. The van der Waals surface area contributed by atoms with Crippen LogP contribution in [0.1, 0.15) is 24.6 Å². The van der Waals surface area contributed by atoms with Crippen molar-refractivity contribution in [1.29, 1.82) is 0 Å². The van der Waals surface area contributed by atoms with Gasteiger partial charge in [0.15, 0.2) is 17.5 Å². The highest BCUT2D eigenvalue weighted by atomic mass is 32.2. The number of carbonyl (C=O) groups is 1. The summed E-state index contributed by atoms with van der Waals surface area (Å²) in [5.41, 5.74) is 1.56. The first-order chi connectivity index (χ1) is 16.5. The molecule has 1 saturated heterocycles. The zero-order chi connectivity index (χ0) is 25.1. The maximum Gasteiger partial charge on any atom is 0.243 e. The van der Waals surface area contributed by atoms with E-state index in [1.54, 1.807) is 29.1 Å². The molecule has 3 aromatic rings. The lowest BCUT2D eigenvalue weighted by atomic mass is 9.66. The smallest absolute Gasteiger partial charge is 0.243 e. The average Bonchev–Trinajstić information content (AvgIpc) is 3.23. The summed E-state index contributed by atoms with van der Waals surface area (Å²) in [6.07, 6.45) is 3.74. The molecule has 0 amide bonds. The van der Waals surface area contributed by atoms with Crippen LogP contribution >= 0.6 is 0 Å². The van der Waals surface area contributed by atoms with Crippen molar-refractivity contribution in [3.63, 3.8) is 0 Å². The van der Waals surface area contributed by atoms with Crippen LogP contribution in [0, 0.1) is 28.7 Å². The van der Waals surface area contributed by atoms with Crippen molar-refractivity contribution >= 4 is 21.9 Å². The predicted octanol–water partition coefficient (Wildman–Crippen LogP) is 4.04. The number of hydrogen-bond acceptors (Lipinski definition) is 4. The molecular weight excluding hydrogens is 486 g/mol. The van der Waals surface area contributed by atoms with E-state index in [2.05, 4.69) is 5.10 Å². The maximum atomic E-state index is 13.7. The minimum absolute atomic E-state index is 0.0379. The maximum absolute atomic E-state index is 13.7. The summed E-state index contributed by atoms with van der Waals surface area (Å²) < 4.78 is 83.3. The largest absolute Gasteiger partial charge is 0.299 e. The van der Waals surface area contributed by atoms with Gasteiger partial charge in [-0.05, 0) is 67.8 Å². The first-order valence-electron chi connectivity index (χ1n) is 10.7. The van der Waals surface area contributed by atoms with Crippen molar-refractivity contribution in [3.8, 4) is 5.69 Å². The van der Waals surface area contributed by atoms with Gasteiger partial charge in [0, 0.05) is 13.1 Å². The van der Waals surface area contributed by atoms with E-state index >= 15 is 0 Å². The fourth-order valence-electron chi connectivity index (χ4n) is 4.80. The first kappa shape index (κ1) is 23.4. The van der Waals surface area contributed by atoms with E-state index in [0.717, 1.165) is 4.31 Å². The van der Waals surface area contributed by atoms with Gasteiger partial charge in [-0.25, -0.2) is 30.7 Å². The molecule has 2 aromatic carbocycles. The fourth-order valence-corrected chi connectivity index (χ4v) is 6.33. The molecule has 1 fully saturated rings. The summed E-state index contributed by atoms with van der Waals surface area (Å²) in [5.74, 6) is -5.64. The van der Waals surface area contributed by atoms with Crippen molar-refractivity contribution in [3.05, 3.63) is 82.7 Å². The standard InChI is InChI=1S/C24H19F4N3O3S/c1-14(32)24-11-15-12-29-31(18-4-2-17(25)3-5-18)22(15)8-16(24)6-7-30(13-24)35(33,34)19-9-20(26)23(28)21(27)10-19/h2-5,8-10,12H,6-7,11,13H2,1H3/t24-/m1/s1. The molecule has 35 heavy (non-hydrogen) atoms. The van der Waals surface area contributed by atoms with Crippen LogP contribution in [0.15, 0.2) is 53.1 Å². The van der Waals surface area contributed by atoms with Gasteiger partial charge in [0.1, 0.15) is 11.6 Å². The number of carbonyl (C=O) groups excluding carboxylic acids is 1. The van der Waals surface area contributed by atoms with Crippen LogP contribution in [0.5, 0.6) is 0 Å². The first-order valence-corrected chi connectivity index (χ1v) is 12.2. The number of rotatable bonds is 4.